The molecule has 15 heteroatoms. The van der Waals surface area contributed by atoms with Gasteiger partial charge >= 0.3 is 12.6 Å². The summed E-state index contributed by atoms with van der Waals surface area (Å²) in [6, 6.07) is 7.32. The highest BCUT2D eigenvalue weighted by atomic mass is 35.5. The van der Waals surface area contributed by atoms with Crippen LogP contribution in [0.1, 0.15) is 40.4 Å². The average Bonchev–Trinajstić information content (AvgIpc) is 3.76. The van der Waals surface area contributed by atoms with Gasteiger partial charge in [0.05, 0.1) is 32.8 Å². The second kappa shape index (κ2) is 12.5. The molecule has 0 unspecified atom stereocenters. The number of aromatic nitrogens is 1. The van der Waals surface area contributed by atoms with E-state index in [-0.39, 0.29) is 51.7 Å². The number of amides is 1. The molecule has 1 aromatic heterocycles. The molecule has 5 rings (SSSR count). The molecule has 0 bridgehead atoms. The summed E-state index contributed by atoms with van der Waals surface area (Å²) < 4.78 is 42.2. The number of carbonyl (C=O) groups excluding carboxylic acids is 3. The molecule has 0 saturated heterocycles. The first-order chi connectivity index (χ1) is 20.5. The molecule has 1 saturated carbocycles. The summed E-state index contributed by atoms with van der Waals surface area (Å²) >= 11 is 12.6. The normalized spacial score (nSPS) is 15.0. The molecule has 2 aliphatic rings. The van der Waals surface area contributed by atoms with Crippen LogP contribution in [-0.2, 0) is 20.7 Å². The summed E-state index contributed by atoms with van der Waals surface area (Å²) in [5.41, 5.74) is 0.0816. The average molecular weight is 636 g/mol. The number of hydrogen-bond donors (Lipinski definition) is 0. The Hall–Kier alpha value is -4.36. The Balaban J connectivity index is 1.44. The van der Waals surface area contributed by atoms with Gasteiger partial charge in [-0.15, -0.1) is 0 Å². The molecule has 1 aliphatic carbocycles. The quantitative estimate of drug-likeness (QED) is 0.105. The lowest BCUT2D eigenvalue weighted by Gasteiger charge is -2.23. The molecule has 1 amide bonds. The molecule has 1 fully saturated rings. The lowest BCUT2D eigenvalue weighted by Crippen LogP contribution is -2.36. The van der Waals surface area contributed by atoms with E-state index in [4.69, 9.17) is 32.7 Å². The van der Waals surface area contributed by atoms with Crippen molar-refractivity contribution in [1.82, 2.24) is 4.98 Å². The van der Waals surface area contributed by atoms with Crippen LogP contribution >= 0.6 is 23.2 Å². The summed E-state index contributed by atoms with van der Waals surface area (Å²) in [6.07, 6.45) is 3.36. The van der Waals surface area contributed by atoms with Crippen LogP contribution < -0.4 is 14.4 Å². The maximum Gasteiger partial charge on any atom is 0.387 e. The van der Waals surface area contributed by atoms with Crippen LogP contribution in [0.5, 0.6) is 11.5 Å². The van der Waals surface area contributed by atoms with Gasteiger partial charge < -0.3 is 14.2 Å². The fourth-order valence-corrected chi connectivity index (χ4v) is 4.97. The van der Waals surface area contributed by atoms with Crippen molar-refractivity contribution in [3.8, 4) is 11.5 Å². The molecule has 11 nitrogen and oxygen atoms in total. The van der Waals surface area contributed by atoms with E-state index in [1.165, 1.54) is 36.7 Å². The Morgan fingerprint density at radius 3 is 2.47 bits per heavy atom. The van der Waals surface area contributed by atoms with Crippen molar-refractivity contribution < 1.29 is 42.3 Å². The van der Waals surface area contributed by atoms with Gasteiger partial charge in [0.15, 0.2) is 11.5 Å². The molecule has 43 heavy (non-hydrogen) atoms. The van der Waals surface area contributed by atoms with Crippen LogP contribution in [0.3, 0.4) is 0 Å². The first kappa shape index (κ1) is 30.1. The zero-order chi connectivity index (χ0) is 30.8. The van der Waals surface area contributed by atoms with Gasteiger partial charge in [-0.3, -0.25) is 34.4 Å². The predicted molar refractivity (Wildman–Crippen MR) is 148 cm³/mol. The number of anilines is 1. The minimum atomic E-state index is -3.11. The van der Waals surface area contributed by atoms with Gasteiger partial charge in [0.1, 0.15) is 12.6 Å². The van der Waals surface area contributed by atoms with Crippen molar-refractivity contribution in [2.24, 2.45) is 5.92 Å². The number of Topliss-reactive ketones (excluding diaryl/α,β-unsaturated/α-hetero) is 1. The fourth-order valence-electron chi connectivity index (χ4n) is 4.45. The standard InChI is InChI=1S/C28H21Cl2F2N3O8/c29-19-10-33-11-20(30)17(19)9-23(15-3-6-22(43-28(31)32)24(7-15)41-13-14-1-2-14)42-25(36)12-34-21-5-4-16(35(39)40)8-18(21)26(37)27(34)38/h3-8,10-11,14,23,28H,1-2,9,12-13H2/t23-/m0/s1. The van der Waals surface area contributed by atoms with Crippen LogP contribution in [0.2, 0.25) is 10.0 Å². The van der Waals surface area contributed by atoms with E-state index in [0.29, 0.717) is 11.1 Å². The number of alkyl halides is 2. The topological polar surface area (TPSA) is 138 Å². The Labute approximate surface area is 252 Å². The summed E-state index contributed by atoms with van der Waals surface area (Å²) in [6.45, 7) is -3.54. The molecular formula is C28H21Cl2F2N3O8. The number of nitro benzene ring substituents is 1. The minimum Gasteiger partial charge on any atom is -0.489 e. The van der Waals surface area contributed by atoms with Crippen molar-refractivity contribution in [3.63, 3.8) is 0 Å². The van der Waals surface area contributed by atoms with E-state index in [0.717, 1.165) is 29.9 Å². The second-order valence-electron chi connectivity index (χ2n) is 9.78. The van der Waals surface area contributed by atoms with E-state index < -0.39 is 47.5 Å². The van der Waals surface area contributed by atoms with Crippen LogP contribution in [0.4, 0.5) is 20.2 Å². The maximum absolute atomic E-state index is 13.2. The van der Waals surface area contributed by atoms with Gasteiger partial charge in [-0.2, -0.15) is 8.78 Å². The molecule has 1 aliphatic heterocycles. The molecule has 2 aromatic carbocycles. The summed E-state index contributed by atoms with van der Waals surface area (Å²) in [7, 11) is 0. The number of ether oxygens (including phenoxy) is 3. The number of fused-ring (bicyclic) bond motifs is 1. The van der Waals surface area contributed by atoms with Gasteiger partial charge in [-0.25, -0.2) is 0 Å². The molecule has 2 heterocycles. The van der Waals surface area contributed by atoms with Crippen molar-refractivity contribution in [2.75, 3.05) is 18.1 Å². The van der Waals surface area contributed by atoms with Gasteiger partial charge in [0.2, 0.25) is 0 Å². The Morgan fingerprint density at radius 1 is 1.09 bits per heavy atom. The third kappa shape index (κ3) is 6.83. The smallest absolute Gasteiger partial charge is 0.387 e. The van der Waals surface area contributed by atoms with E-state index >= 15 is 0 Å². The maximum atomic E-state index is 13.2. The molecule has 1 atom stereocenters. The molecule has 0 N–H and O–H groups in total. The molecule has 224 valence electrons. The monoisotopic (exact) mass is 635 g/mol. The van der Waals surface area contributed by atoms with Crippen molar-refractivity contribution in [1.29, 1.82) is 0 Å². The number of nitro groups is 1. The first-order valence-corrected chi connectivity index (χ1v) is 13.6. The third-order valence-electron chi connectivity index (χ3n) is 6.80. The summed E-state index contributed by atoms with van der Waals surface area (Å²) in [5, 5.41) is 11.5. The van der Waals surface area contributed by atoms with Gasteiger partial charge in [-0.05, 0) is 48.1 Å². The second-order valence-corrected chi connectivity index (χ2v) is 10.6. The zero-order valence-electron chi connectivity index (χ0n) is 22.0. The minimum absolute atomic E-state index is 0.00788. The van der Waals surface area contributed by atoms with Crippen LogP contribution in [0, 0.1) is 16.0 Å². The fraction of sp³-hybridized carbons (Fsp3) is 0.286. The first-order valence-electron chi connectivity index (χ1n) is 12.9. The third-order valence-corrected chi connectivity index (χ3v) is 7.45. The molecule has 0 radical (unpaired) electrons. The van der Waals surface area contributed by atoms with Crippen molar-refractivity contribution in [2.45, 2.75) is 32.0 Å². The number of esters is 1. The SMILES string of the molecule is O=C(CN1C(=O)C(=O)c2cc([N+](=O)[O-])ccc21)O[C@@H](Cc1c(Cl)cncc1Cl)c1ccc(OC(F)F)c(OCC2CC2)c1. The highest BCUT2D eigenvalue weighted by Crippen LogP contribution is 2.38. The highest BCUT2D eigenvalue weighted by Gasteiger charge is 2.39. The van der Waals surface area contributed by atoms with Gasteiger partial charge in [-0.1, -0.05) is 29.3 Å². The number of ketones is 1. The van der Waals surface area contributed by atoms with E-state index in [9.17, 15) is 33.3 Å². The Bertz CT molecular complexity index is 1600. The van der Waals surface area contributed by atoms with Crippen LogP contribution in [-0.4, -0.2) is 47.3 Å². The number of halogens is 4. The summed E-state index contributed by atoms with van der Waals surface area (Å²) in [5.74, 6) is -2.94. The number of nitrogens with zero attached hydrogens (tertiary/aromatic N) is 3. The largest absolute Gasteiger partial charge is 0.489 e. The number of pyridine rings is 1. The Kier molecular flexibility index (Phi) is 8.74. The molecule has 3 aromatic rings. The number of hydrogen-bond acceptors (Lipinski definition) is 9. The molecular weight excluding hydrogens is 615 g/mol. The lowest BCUT2D eigenvalue weighted by molar-refractivity contribution is -0.384. The number of benzene rings is 2. The molecule has 0 spiro atoms. The highest BCUT2D eigenvalue weighted by molar-refractivity contribution is 6.52. The predicted octanol–water partition coefficient (Wildman–Crippen LogP) is 5.74. The summed E-state index contributed by atoms with van der Waals surface area (Å²) in [4.78, 5) is 53.6. The van der Waals surface area contributed by atoms with Crippen molar-refractivity contribution >= 4 is 52.2 Å². The van der Waals surface area contributed by atoms with E-state index in [1.807, 2.05) is 0 Å². The Morgan fingerprint density at radius 2 is 1.81 bits per heavy atom. The zero-order valence-corrected chi connectivity index (χ0v) is 23.5. The van der Waals surface area contributed by atoms with Crippen LogP contribution in [0.15, 0.2) is 48.8 Å². The number of rotatable bonds is 12. The van der Waals surface area contributed by atoms with Gasteiger partial charge in [0.25, 0.3) is 17.4 Å². The van der Waals surface area contributed by atoms with E-state index in [2.05, 4.69) is 9.72 Å². The lowest BCUT2D eigenvalue weighted by atomic mass is 10.0. The van der Waals surface area contributed by atoms with Crippen molar-refractivity contribution in [3.05, 3.63) is 85.6 Å². The van der Waals surface area contributed by atoms with Gasteiger partial charge in [0, 0.05) is 30.9 Å². The van der Waals surface area contributed by atoms with Crippen LogP contribution in [0.25, 0.3) is 0 Å². The number of carbonyl (C=O) groups is 3. The van der Waals surface area contributed by atoms with E-state index in [1.54, 1.807) is 0 Å². The number of non-ortho nitro benzene ring substituents is 1.